The summed E-state index contributed by atoms with van der Waals surface area (Å²) in [6.07, 6.45) is 0. The summed E-state index contributed by atoms with van der Waals surface area (Å²) < 4.78 is 11.3. The van der Waals surface area contributed by atoms with E-state index in [4.69, 9.17) is 4.42 Å². The van der Waals surface area contributed by atoms with Gasteiger partial charge >= 0.3 is 0 Å². The summed E-state index contributed by atoms with van der Waals surface area (Å²) >= 11 is 1.89. The number of fused-ring (bicyclic) bond motifs is 3. The van der Waals surface area contributed by atoms with E-state index in [-0.39, 0.29) is 0 Å². The van der Waals surface area contributed by atoms with Crippen molar-refractivity contribution in [2.24, 2.45) is 0 Å². The summed E-state index contributed by atoms with van der Waals surface area (Å²) in [6, 6.07) is 55.3. The van der Waals surface area contributed by atoms with Gasteiger partial charge in [-0.25, -0.2) is 0 Å². The monoisotopic (exact) mass is 615 g/mol. The molecule has 47 heavy (non-hydrogen) atoms. The molecule has 11 aromatic rings. The van der Waals surface area contributed by atoms with Crippen LogP contribution >= 0.6 is 11.3 Å². The van der Waals surface area contributed by atoms with Crippen molar-refractivity contribution < 1.29 is 4.42 Å². The van der Waals surface area contributed by atoms with Crippen LogP contribution in [0.4, 0.5) is 0 Å². The van der Waals surface area contributed by atoms with Crippen molar-refractivity contribution >= 4 is 86.0 Å². The van der Waals surface area contributed by atoms with E-state index in [1.165, 1.54) is 75.0 Å². The summed E-state index contributed by atoms with van der Waals surface area (Å²) in [6.45, 7) is 0. The SMILES string of the molecule is c1ccc(-c2cc3ccc4sc5cccc6c5c4c3c3c2cccc3n6-c2cccc(-c3ccc4oc5ccccc5c4c3)c2)cc1. The fraction of sp³-hybridized carbons (Fsp3) is 0. The molecular formula is C44H25NOS. The topological polar surface area (TPSA) is 18.1 Å². The zero-order valence-electron chi connectivity index (χ0n) is 25.2. The van der Waals surface area contributed by atoms with Gasteiger partial charge in [-0.15, -0.1) is 11.3 Å². The van der Waals surface area contributed by atoms with Crippen LogP contribution in [0.3, 0.4) is 0 Å². The minimum Gasteiger partial charge on any atom is -0.456 e. The first-order valence-electron chi connectivity index (χ1n) is 16.0. The third-order valence-electron chi connectivity index (χ3n) is 9.94. The molecule has 2 nitrogen and oxygen atoms in total. The lowest BCUT2D eigenvalue weighted by molar-refractivity contribution is 0.669. The van der Waals surface area contributed by atoms with E-state index in [0.717, 1.165) is 27.6 Å². The number of hydrogen-bond donors (Lipinski definition) is 0. The van der Waals surface area contributed by atoms with Crippen molar-refractivity contribution in [2.75, 3.05) is 0 Å². The van der Waals surface area contributed by atoms with Gasteiger partial charge in [0.25, 0.3) is 0 Å². The molecule has 0 saturated heterocycles. The van der Waals surface area contributed by atoms with E-state index >= 15 is 0 Å². The standard InChI is InChI=1S/C44H25NOS/c1-2-9-26(10-3-1)33-25-29-20-22-40-44-41(29)42-32(33)14-7-15-35(42)45(36-16-8-18-39(47-40)43(36)44)30-12-6-11-27(23-30)28-19-21-38-34(24-28)31-13-4-5-17-37(31)46-38/h1-25H. The maximum Gasteiger partial charge on any atom is 0.135 e. The van der Waals surface area contributed by atoms with Crippen LogP contribution in [0.5, 0.6) is 0 Å². The van der Waals surface area contributed by atoms with Crippen LogP contribution in [0.15, 0.2) is 156 Å². The molecule has 0 N–H and O–H groups in total. The number of para-hydroxylation sites is 1. The van der Waals surface area contributed by atoms with Crippen LogP contribution < -0.4 is 0 Å². The van der Waals surface area contributed by atoms with Crippen LogP contribution in [0.25, 0.3) is 103 Å². The number of furan rings is 1. The van der Waals surface area contributed by atoms with Gasteiger partial charge in [-0.05, 0) is 93.7 Å². The molecule has 0 amide bonds. The Hall–Kier alpha value is -5.90. The highest BCUT2D eigenvalue weighted by Gasteiger charge is 2.21. The lowest BCUT2D eigenvalue weighted by Gasteiger charge is -2.16. The largest absolute Gasteiger partial charge is 0.456 e. The van der Waals surface area contributed by atoms with Crippen LogP contribution in [-0.4, -0.2) is 4.57 Å². The van der Waals surface area contributed by atoms with E-state index in [9.17, 15) is 0 Å². The van der Waals surface area contributed by atoms with Crippen LogP contribution in [-0.2, 0) is 0 Å². The maximum absolute atomic E-state index is 6.15. The van der Waals surface area contributed by atoms with Gasteiger partial charge in [-0.3, -0.25) is 0 Å². The molecule has 218 valence electrons. The zero-order valence-corrected chi connectivity index (χ0v) is 26.0. The van der Waals surface area contributed by atoms with Gasteiger partial charge < -0.3 is 8.98 Å². The summed E-state index contributed by atoms with van der Waals surface area (Å²) in [5.41, 5.74) is 10.3. The third-order valence-corrected chi connectivity index (χ3v) is 11.1. The molecular weight excluding hydrogens is 591 g/mol. The average molecular weight is 616 g/mol. The van der Waals surface area contributed by atoms with E-state index in [2.05, 4.69) is 144 Å². The second kappa shape index (κ2) is 9.32. The smallest absolute Gasteiger partial charge is 0.135 e. The molecule has 3 heteroatoms. The second-order valence-corrected chi connectivity index (χ2v) is 13.6. The molecule has 0 aliphatic rings. The van der Waals surface area contributed by atoms with Gasteiger partial charge in [0.1, 0.15) is 11.2 Å². The van der Waals surface area contributed by atoms with Crippen molar-refractivity contribution in [1.29, 1.82) is 0 Å². The number of rotatable bonds is 3. The van der Waals surface area contributed by atoms with E-state index in [1.807, 2.05) is 23.5 Å². The summed E-state index contributed by atoms with van der Waals surface area (Å²) in [7, 11) is 0. The minimum atomic E-state index is 0.915. The van der Waals surface area contributed by atoms with Gasteiger partial charge in [-0.1, -0.05) is 91.0 Å². The average Bonchev–Trinajstić information content (AvgIpc) is 3.66. The van der Waals surface area contributed by atoms with Gasteiger partial charge in [0.05, 0.1) is 11.0 Å². The Morgan fingerprint density at radius 1 is 0.426 bits per heavy atom. The zero-order chi connectivity index (χ0) is 30.6. The fourth-order valence-electron chi connectivity index (χ4n) is 7.92. The highest BCUT2D eigenvalue weighted by Crippen LogP contribution is 2.48. The lowest BCUT2D eigenvalue weighted by atomic mass is 9.91. The third kappa shape index (κ3) is 3.49. The Labute approximate surface area is 273 Å². The first-order chi connectivity index (χ1) is 23.3. The molecule has 3 aromatic heterocycles. The Balaban J connectivity index is 1.27. The van der Waals surface area contributed by atoms with E-state index in [0.29, 0.717) is 0 Å². The molecule has 0 aliphatic carbocycles. The van der Waals surface area contributed by atoms with E-state index < -0.39 is 0 Å². The fourth-order valence-corrected chi connectivity index (χ4v) is 9.06. The number of benzene rings is 8. The summed E-state index contributed by atoms with van der Waals surface area (Å²) in [4.78, 5) is 0. The van der Waals surface area contributed by atoms with Gasteiger partial charge in [0, 0.05) is 47.4 Å². The molecule has 0 unspecified atom stereocenters. The van der Waals surface area contributed by atoms with Crippen LogP contribution in [0, 0.1) is 0 Å². The Morgan fingerprint density at radius 2 is 1.15 bits per heavy atom. The molecule has 0 atom stereocenters. The normalized spacial score (nSPS) is 12.3. The molecule has 0 fully saturated rings. The van der Waals surface area contributed by atoms with Gasteiger partial charge in [0.15, 0.2) is 0 Å². The first-order valence-corrected chi connectivity index (χ1v) is 16.8. The Morgan fingerprint density at radius 3 is 2.09 bits per heavy atom. The molecule has 0 bridgehead atoms. The Bertz CT molecular complexity index is 3010. The lowest BCUT2D eigenvalue weighted by Crippen LogP contribution is -1.98. The van der Waals surface area contributed by atoms with Crippen LogP contribution in [0.1, 0.15) is 0 Å². The number of thiophene rings is 1. The molecule has 0 spiro atoms. The highest BCUT2D eigenvalue weighted by atomic mass is 32.1. The maximum atomic E-state index is 6.15. The van der Waals surface area contributed by atoms with Crippen molar-refractivity contribution in [3.05, 3.63) is 152 Å². The highest BCUT2D eigenvalue weighted by molar-refractivity contribution is 7.26. The molecule has 0 radical (unpaired) electrons. The second-order valence-electron chi connectivity index (χ2n) is 12.5. The molecule has 11 rings (SSSR count). The van der Waals surface area contributed by atoms with Gasteiger partial charge in [0.2, 0.25) is 0 Å². The van der Waals surface area contributed by atoms with Crippen molar-refractivity contribution in [1.82, 2.24) is 4.57 Å². The summed E-state index contributed by atoms with van der Waals surface area (Å²) in [5.74, 6) is 0. The van der Waals surface area contributed by atoms with Crippen molar-refractivity contribution in [2.45, 2.75) is 0 Å². The van der Waals surface area contributed by atoms with Crippen molar-refractivity contribution in [3.8, 4) is 27.9 Å². The molecule has 3 heterocycles. The quantitative estimate of drug-likeness (QED) is 0.181. The number of hydrogen-bond acceptors (Lipinski definition) is 2. The first kappa shape index (κ1) is 25.3. The number of nitrogens with zero attached hydrogens (tertiary/aromatic N) is 1. The van der Waals surface area contributed by atoms with Gasteiger partial charge in [-0.2, -0.15) is 0 Å². The predicted molar refractivity (Wildman–Crippen MR) is 201 cm³/mol. The number of aromatic nitrogens is 1. The molecule has 0 aliphatic heterocycles. The minimum absolute atomic E-state index is 0.915. The van der Waals surface area contributed by atoms with Crippen LogP contribution in [0.2, 0.25) is 0 Å². The predicted octanol–water partition coefficient (Wildman–Crippen LogP) is 13.0. The summed E-state index contributed by atoms with van der Waals surface area (Å²) in [5, 5.41) is 10.2. The Kier molecular flexibility index (Phi) is 5.02. The molecule has 8 aromatic carbocycles. The van der Waals surface area contributed by atoms with E-state index in [1.54, 1.807) is 0 Å². The van der Waals surface area contributed by atoms with Crippen molar-refractivity contribution in [3.63, 3.8) is 0 Å². The molecule has 0 saturated carbocycles.